The summed E-state index contributed by atoms with van der Waals surface area (Å²) in [6.45, 7) is 0.792. The van der Waals surface area contributed by atoms with Crippen molar-refractivity contribution < 1.29 is 4.39 Å². The van der Waals surface area contributed by atoms with E-state index in [9.17, 15) is 4.39 Å². The van der Waals surface area contributed by atoms with Crippen LogP contribution in [0.15, 0.2) is 16.6 Å². The lowest BCUT2D eigenvalue weighted by Crippen LogP contribution is -2.20. The minimum atomic E-state index is -0.328. The second-order valence-corrected chi connectivity index (χ2v) is 7.16. The van der Waals surface area contributed by atoms with E-state index in [0.29, 0.717) is 21.0 Å². The zero-order chi connectivity index (χ0) is 13.8. The second kappa shape index (κ2) is 6.90. The molecule has 0 spiro atoms. The summed E-state index contributed by atoms with van der Waals surface area (Å²) >= 11 is 10.0. The Labute approximate surface area is 130 Å². The van der Waals surface area contributed by atoms with Crippen LogP contribution in [0.4, 0.5) is 10.1 Å². The van der Waals surface area contributed by atoms with Crippen molar-refractivity contribution in [3.63, 3.8) is 0 Å². The van der Waals surface area contributed by atoms with Crippen LogP contribution in [0.25, 0.3) is 0 Å². The molecule has 1 unspecified atom stereocenters. The van der Waals surface area contributed by atoms with E-state index in [0.717, 1.165) is 6.54 Å². The standard InChI is InChI=1S/C13H16BrFN2S2/c14-11-9(13(16)18)4-5-10(12(11)15)17-7-8-3-1-2-6-19-8/h4-5,8,17H,1-3,6-7H2,(H2,16,18). The molecule has 0 aromatic heterocycles. The van der Waals surface area contributed by atoms with E-state index in [1.54, 1.807) is 12.1 Å². The normalized spacial score (nSPS) is 19.2. The molecule has 1 aliphatic rings. The molecule has 1 atom stereocenters. The highest BCUT2D eigenvalue weighted by molar-refractivity contribution is 9.10. The van der Waals surface area contributed by atoms with Gasteiger partial charge in [0.1, 0.15) is 4.99 Å². The van der Waals surface area contributed by atoms with Crippen LogP contribution < -0.4 is 11.1 Å². The average molecular weight is 363 g/mol. The predicted molar refractivity (Wildman–Crippen MR) is 88.6 cm³/mol. The monoisotopic (exact) mass is 362 g/mol. The number of thioether (sulfide) groups is 1. The molecule has 6 heteroatoms. The van der Waals surface area contributed by atoms with Crippen LogP contribution in [0.3, 0.4) is 0 Å². The first-order valence-electron chi connectivity index (χ1n) is 6.23. The molecule has 2 nitrogen and oxygen atoms in total. The van der Waals surface area contributed by atoms with Gasteiger partial charge >= 0.3 is 0 Å². The Hall–Kier alpha value is -0.330. The molecular weight excluding hydrogens is 347 g/mol. The van der Waals surface area contributed by atoms with Crippen LogP contribution >= 0.6 is 39.9 Å². The minimum absolute atomic E-state index is 0.195. The van der Waals surface area contributed by atoms with Gasteiger partial charge in [0.05, 0.1) is 10.2 Å². The molecule has 1 aliphatic heterocycles. The fourth-order valence-electron chi connectivity index (χ4n) is 2.07. The molecule has 19 heavy (non-hydrogen) atoms. The third-order valence-corrected chi connectivity index (χ3v) is 5.54. The molecule has 0 amide bonds. The molecule has 1 aromatic carbocycles. The summed E-state index contributed by atoms with van der Waals surface area (Å²) in [5, 5.41) is 3.75. The molecule has 104 valence electrons. The van der Waals surface area contributed by atoms with E-state index in [1.807, 2.05) is 11.8 Å². The number of anilines is 1. The highest BCUT2D eigenvalue weighted by atomic mass is 79.9. The van der Waals surface area contributed by atoms with Gasteiger partial charge in [0.25, 0.3) is 0 Å². The molecule has 0 bridgehead atoms. The molecule has 1 fully saturated rings. The van der Waals surface area contributed by atoms with Gasteiger partial charge in [0.2, 0.25) is 0 Å². The van der Waals surface area contributed by atoms with Gasteiger partial charge in [-0.1, -0.05) is 18.6 Å². The summed E-state index contributed by atoms with van der Waals surface area (Å²) in [5.74, 6) is 0.880. The number of hydrogen-bond donors (Lipinski definition) is 2. The van der Waals surface area contributed by atoms with Crippen molar-refractivity contribution in [2.45, 2.75) is 24.5 Å². The molecule has 0 aliphatic carbocycles. The molecular formula is C13H16BrFN2S2. The first-order valence-corrected chi connectivity index (χ1v) is 8.48. The van der Waals surface area contributed by atoms with Gasteiger partial charge in [-0.3, -0.25) is 0 Å². The van der Waals surface area contributed by atoms with Crippen LogP contribution in [0.2, 0.25) is 0 Å². The highest BCUT2D eigenvalue weighted by Crippen LogP contribution is 2.29. The van der Waals surface area contributed by atoms with Gasteiger partial charge in [0.15, 0.2) is 5.82 Å². The Bertz CT molecular complexity index is 476. The first-order chi connectivity index (χ1) is 9.09. The molecule has 1 heterocycles. The number of nitrogens with two attached hydrogens (primary N) is 1. The van der Waals surface area contributed by atoms with E-state index in [4.69, 9.17) is 18.0 Å². The van der Waals surface area contributed by atoms with Gasteiger partial charge < -0.3 is 11.1 Å². The Morgan fingerprint density at radius 2 is 2.32 bits per heavy atom. The maximum Gasteiger partial charge on any atom is 0.161 e. The largest absolute Gasteiger partial charge is 0.389 e. The lowest BCUT2D eigenvalue weighted by Gasteiger charge is -2.22. The minimum Gasteiger partial charge on any atom is -0.389 e. The smallest absolute Gasteiger partial charge is 0.161 e. The van der Waals surface area contributed by atoms with Crippen molar-refractivity contribution in [1.82, 2.24) is 0 Å². The number of thiocarbonyl (C=S) groups is 1. The van der Waals surface area contributed by atoms with Crippen molar-refractivity contribution in [2.75, 3.05) is 17.6 Å². The number of rotatable bonds is 4. The van der Waals surface area contributed by atoms with Crippen LogP contribution in [-0.2, 0) is 0 Å². The van der Waals surface area contributed by atoms with Crippen LogP contribution in [0.5, 0.6) is 0 Å². The van der Waals surface area contributed by atoms with Crippen molar-refractivity contribution >= 4 is 50.6 Å². The van der Waals surface area contributed by atoms with Crippen LogP contribution in [0.1, 0.15) is 24.8 Å². The lowest BCUT2D eigenvalue weighted by atomic mass is 10.1. The Morgan fingerprint density at radius 1 is 1.53 bits per heavy atom. The van der Waals surface area contributed by atoms with Crippen LogP contribution in [-0.4, -0.2) is 22.5 Å². The van der Waals surface area contributed by atoms with E-state index in [1.165, 1.54) is 25.0 Å². The zero-order valence-electron chi connectivity index (χ0n) is 10.4. The molecule has 2 rings (SSSR count). The summed E-state index contributed by atoms with van der Waals surface area (Å²) in [6.07, 6.45) is 3.76. The SMILES string of the molecule is NC(=S)c1ccc(NCC2CCCCS2)c(F)c1Br. The van der Waals surface area contributed by atoms with Gasteiger partial charge in [-0.05, 0) is 46.7 Å². The average Bonchev–Trinajstić information content (AvgIpc) is 2.41. The fourth-order valence-corrected chi connectivity index (χ4v) is 4.17. The second-order valence-electron chi connectivity index (χ2n) is 4.52. The Kier molecular flexibility index (Phi) is 5.47. The summed E-state index contributed by atoms with van der Waals surface area (Å²) in [6, 6.07) is 3.44. The first kappa shape index (κ1) is 15.1. The van der Waals surface area contributed by atoms with E-state index >= 15 is 0 Å². The Balaban J connectivity index is 2.04. The van der Waals surface area contributed by atoms with E-state index in [-0.39, 0.29) is 10.8 Å². The van der Waals surface area contributed by atoms with Crippen molar-refractivity contribution in [2.24, 2.45) is 5.73 Å². The predicted octanol–water partition coefficient (Wildman–Crippen LogP) is 3.92. The van der Waals surface area contributed by atoms with Crippen molar-refractivity contribution in [3.8, 4) is 0 Å². The molecule has 0 radical (unpaired) electrons. The van der Waals surface area contributed by atoms with Gasteiger partial charge in [0, 0.05) is 17.4 Å². The zero-order valence-corrected chi connectivity index (χ0v) is 13.6. The lowest BCUT2D eigenvalue weighted by molar-refractivity contribution is 0.620. The van der Waals surface area contributed by atoms with Crippen LogP contribution in [0, 0.1) is 5.82 Å². The summed E-state index contributed by atoms with van der Waals surface area (Å²) in [5.41, 5.74) is 6.57. The maximum absolute atomic E-state index is 14.1. The third-order valence-electron chi connectivity index (χ3n) is 3.14. The molecule has 0 saturated carbocycles. The third kappa shape index (κ3) is 3.83. The quantitative estimate of drug-likeness (QED) is 0.796. The number of halogens is 2. The van der Waals surface area contributed by atoms with Gasteiger partial charge in [-0.25, -0.2) is 4.39 Å². The number of benzene rings is 1. The van der Waals surface area contributed by atoms with E-state index in [2.05, 4.69) is 21.2 Å². The maximum atomic E-state index is 14.1. The topological polar surface area (TPSA) is 38.0 Å². The van der Waals surface area contributed by atoms with Gasteiger partial charge in [-0.2, -0.15) is 11.8 Å². The molecule has 1 aromatic rings. The molecule has 1 saturated heterocycles. The Morgan fingerprint density at radius 3 is 2.95 bits per heavy atom. The summed E-state index contributed by atoms with van der Waals surface area (Å²) in [7, 11) is 0. The van der Waals surface area contributed by atoms with E-state index < -0.39 is 0 Å². The summed E-state index contributed by atoms with van der Waals surface area (Å²) < 4.78 is 14.5. The molecule has 3 N–H and O–H groups in total. The summed E-state index contributed by atoms with van der Waals surface area (Å²) in [4.78, 5) is 0.195. The fraction of sp³-hybridized carbons (Fsp3) is 0.462. The number of hydrogen-bond acceptors (Lipinski definition) is 3. The van der Waals surface area contributed by atoms with Crippen molar-refractivity contribution in [1.29, 1.82) is 0 Å². The highest BCUT2D eigenvalue weighted by Gasteiger charge is 2.16. The van der Waals surface area contributed by atoms with Crippen molar-refractivity contribution in [3.05, 3.63) is 28.0 Å². The van der Waals surface area contributed by atoms with Gasteiger partial charge in [-0.15, -0.1) is 0 Å². The number of nitrogens with one attached hydrogen (secondary N) is 1.